The molecule has 2 fully saturated rings. The standard InChI is InChI=1S/C18H20F3N5O3/c19-18(20,21)12-3-4-14(26-5-7-28-8-6-26)13(9-12)23-17(27)22-10-15-24-16(25-29-15)11-1-2-11/h3-4,9,11H,1-2,5-8,10H2,(H2,22,23,27). The number of urea groups is 1. The van der Waals surface area contributed by atoms with Gasteiger partial charge in [0.15, 0.2) is 5.82 Å². The summed E-state index contributed by atoms with van der Waals surface area (Å²) in [5.74, 6) is 1.19. The number of anilines is 2. The van der Waals surface area contributed by atoms with Gasteiger partial charge < -0.3 is 24.8 Å². The monoisotopic (exact) mass is 411 g/mol. The van der Waals surface area contributed by atoms with E-state index in [0.717, 1.165) is 25.0 Å². The fourth-order valence-corrected chi connectivity index (χ4v) is 3.06. The molecule has 2 amide bonds. The number of nitrogens with one attached hydrogen (secondary N) is 2. The third-order valence-corrected chi connectivity index (χ3v) is 4.75. The number of ether oxygens (including phenoxy) is 1. The summed E-state index contributed by atoms with van der Waals surface area (Å²) in [6.07, 6.45) is -2.47. The van der Waals surface area contributed by atoms with Gasteiger partial charge in [-0.25, -0.2) is 4.79 Å². The number of nitrogens with zero attached hydrogens (tertiary/aromatic N) is 3. The van der Waals surface area contributed by atoms with Crippen LogP contribution in [-0.2, 0) is 17.5 Å². The van der Waals surface area contributed by atoms with Crippen LogP contribution in [0.1, 0.15) is 36.0 Å². The smallest absolute Gasteiger partial charge is 0.378 e. The molecule has 0 unspecified atom stereocenters. The first-order chi connectivity index (χ1) is 13.9. The molecule has 0 radical (unpaired) electrons. The highest BCUT2D eigenvalue weighted by Crippen LogP contribution is 2.38. The summed E-state index contributed by atoms with van der Waals surface area (Å²) < 4.78 is 49.8. The van der Waals surface area contributed by atoms with E-state index >= 15 is 0 Å². The lowest BCUT2D eigenvalue weighted by Crippen LogP contribution is -2.37. The summed E-state index contributed by atoms with van der Waals surface area (Å²) in [6.45, 7) is 1.96. The molecular formula is C18H20F3N5O3. The second-order valence-corrected chi connectivity index (χ2v) is 6.96. The van der Waals surface area contributed by atoms with Gasteiger partial charge in [0.25, 0.3) is 0 Å². The van der Waals surface area contributed by atoms with E-state index in [2.05, 4.69) is 20.8 Å². The summed E-state index contributed by atoms with van der Waals surface area (Å²) >= 11 is 0. The molecule has 1 saturated heterocycles. The van der Waals surface area contributed by atoms with Gasteiger partial charge in [0.2, 0.25) is 5.89 Å². The van der Waals surface area contributed by atoms with Crippen LogP contribution in [0.15, 0.2) is 22.7 Å². The Balaban J connectivity index is 1.46. The summed E-state index contributed by atoms with van der Waals surface area (Å²) in [5.41, 5.74) is -0.260. The minimum Gasteiger partial charge on any atom is -0.378 e. The fraction of sp³-hybridized carbons (Fsp3) is 0.500. The number of hydrogen-bond acceptors (Lipinski definition) is 6. The van der Waals surface area contributed by atoms with Gasteiger partial charge in [-0.3, -0.25) is 0 Å². The number of carbonyl (C=O) groups excluding carboxylic acids is 1. The number of morpholine rings is 1. The molecular weight excluding hydrogens is 391 g/mol. The van der Waals surface area contributed by atoms with Gasteiger partial charge in [-0.2, -0.15) is 18.2 Å². The molecule has 2 aromatic rings. The number of hydrogen-bond donors (Lipinski definition) is 2. The van der Waals surface area contributed by atoms with Crippen LogP contribution >= 0.6 is 0 Å². The van der Waals surface area contributed by atoms with Crippen molar-refractivity contribution in [3.05, 3.63) is 35.5 Å². The zero-order valence-electron chi connectivity index (χ0n) is 15.5. The van der Waals surface area contributed by atoms with Crippen molar-refractivity contribution in [2.24, 2.45) is 0 Å². The Hall–Kier alpha value is -2.82. The van der Waals surface area contributed by atoms with E-state index in [4.69, 9.17) is 9.26 Å². The molecule has 2 heterocycles. The van der Waals surface area contributed by atoms with Gasteiger partial charge in [0, 0.05) is 19.0 Å². The van der Waals surface area contributed by atoms with E-state index in [1.807, 2.05) is 4.90 Å². The van der Waals surface area contributed by atoms with E-state index < -0.39 is 17.8 Å². The highest BCUT2D eigenvalue weighted by Gasteiger charge is 2.32. The van der Waals surface area contributed by atoms with Gasteiger partial charge in [0.1, 0.15) is 0 Å². The summed E-state index contributed by atoms with van der Waals surface area (Å²) in [4.78, 5) is 18.4. The number of benzene rings is 1. The molecule has 29 heavy (non-hydrogen) atoms. The first-order valence-electron chi connectivity index (χ1n) is 9.31. The molecule has 0 spiro atoms. The molecule has 2 N–H and O–H groups in total. The highest BCUT2D eigenvalue weighted by molar-refractivity contribution is 5.93. The molecule has 11 heteroatoms. The second kappa shape index (κ2) is 7.90. The third kappa shape index (κ3) is 4.78. The maximum Gasteiger partial charge on any atom is 0.416 e. The van der Waals surface area contributed by atoms with Crippen LogP contribution in [0.25, 0.3) is 0 Å². The molecule has 4 rings (SSSR count). The lowest BCUT2D eigenvalue weighted by atomic mass is 10.1. The van der Waals surface area contributed by atoms with Crippen molar-refractivity contribution >= 4 is 17.4 Å². The Morgan fingerprint density at radius 2 is 2.00 bits per heavy atom. The van der Waals surface area contributed by atoms with E-state index in [1.165, 1.54) is 6.07 Å². The predicted octanol–water partition coefficient (Wildman–Crippen LogP) is 3.12. The van der Waals surface area contributed by atoms with Gasteiger partial charge in [0.05, 0.1) is 36.7 Å². The quantitative estimate of drug-likeness (QED) is 0.786. The SMILES string of the molecule is O=C(NCc1nc(C2CC2)no1)Nc1cc(C(F)(F)F)ccc1N1CCOCC1. The minimum absolute atomic E-state index is 0.0165. The Labute approximate surface area is 164 Å². The van der Waals surface area contributed by atoms with E-state index in [0.29, 0.717) is 43.7 Å². The predicted molar refractivity (Wildman–Crippen MR) is 96.6 cm³/mol. The highest BCUT2D eigenvalue weighted by atomic mass is 19.4. The van der Waals surface area contributed by atoms with Crippen molar-refractivity contribution in [2.75, 3.05) is 36.5 Å². The zero-order valence-corrected chi connectivity index (χ0v) is 15.5. The van der Waals surface area contributed by atoms with E-state index in [9.17, 15) is 18.0 Å². The van der Waals surface area contributed by atoms with Crippen LogP contribution in [0.5, 0.6) is 0 Å². The van der Waals surface area contributed by atoms with Crippen molar-refractivity contribution in [3.63, 3.8) is 0 Å². The molecule has 1 aromatic carbocycles. The van der Waals surface area contributed by atoms with Crippen molar-refractivity contribution in [3.8, 4) is 0 Å². The summed E-state index contributed by atoms with van der Waals surface area (Å²) in [5, 5.41) is 8.90. The molecule has 1 aromatic heterocycles. The Kier molecular flexibility index (Phi) is 5.31. The van der Waals surface area contributed by atoms with Gasteiger partial charge >= 0.3 is 12.2 Å². The molecule has 1 saturated carbocycles. The minimum atomic E-state index is -4.51. The first-order valence-corrected chi connectivity index (χ1v) is 9.31. The average molecular weight is 411 g/mol. The molecule has 8 nitrogen and oxygen atoms in total. The fourth-order valence-electron chi connectivity index (χ4n) is 3.06. The number of alkyl halides is 3. The first kappa shape index (κ1) is 19.5. The molecule has 156 valence electrons. The molecule has 0 atom stereocenters. The third-order valence-electron chi connectivity index (χ3n) is 4.75. The maximum atomic E-state index is 13.1. The van der Waals surface area contributed by atoms with Gasteiger partial charge in [-0.1, -0.05) is 5.16 Å². The molecule has 2 aliphatic rings. The zero-order chi connectivity index (χ0) is 20.4. The number of rotatable bonds is 5. The van der Waals surface area contributed by atoms with Crippen LogP contribution in [0.3, 0.4) is 0 Å². The van der Waals surface area contributed by atoms with E-state index in [-0.39, 0.29) is 18.1 Å². The summed E-state index contributed by atoms with van der Waals surface area (Å²) in [7, 11) is 0. The van der Waals surface area contributed by atoms with Crippen molar-refractivity contribution in [1.29, 1.82) is 0 Å². The van der Waals surface area contributed by atoms with Gasteiger partial charge in [-0.15, -0.1) is 0 Å². The number of aromatic nitrogens is 2. The Bertz CT molecular complexity index is 876. The summed E-state index contributed by atoms with van der Waals surface area (Å²) in [6, 6.07) is 2.64. The average Bonchev–Trinajstić information content (AvgIpc) is 3.44. The second-order valence-electron chi connectivity index (χ2n) is 6.96. The molecule has 1 aliphatic carbocycles. The maximum absolute atomic E-state index is 13.1. The van der Waals surface area contributed by atoms with Gasteiger partial charge in [-0.05, 0) is 31.0 Å². The van der Waals surface area contributed by atoms with Crippen molar-refractivity contribution in [1.82, 2.24) is 15.5 Å². The Morgan fingerprint density at radius 3 is 2.69 bits per heavy atom. The number of carbonyl (C=O) groups is 1. The van der Waals surface area contributed by atoms with E-state index in [1.54, 1.807) is 0 Å². The lowest BCUT2D eigenvalue weighted by Gasteiger charge is -2.31. The van der Waals surface area contributed by atoms with Crippen LogP contribution in [0, 0.1) is 0 Å². The van der Waals surface area contributed by atoms with Crippen molar-refractivity contribution < 1.29 is 27.2 Å². The van der Waals surface area contributed by atoms with Crippen LogP contribution in [0.2, 0.25) is 0 Å². The topological polar surface area (TPSA) is 92.5 Å². The molecule has 0 bridgehead atoms. The number of amides is 2. The van der Waals surface area contributed by atoms with Crippen LogP contribution in [0.4, 0.5) is 29.3 Å². The largest absolute Gasteiger partial charge is 0.416 e. The van der Waals surface area contributed by atoms with Crippen LogP contribution < -0.4 is 15.5 Å². The molecule has 1 aliphatic heterocycles. The van der Waals surface area contributed by atoms with Crippen LogP contribution in [-0.4, -0.2) is 42.5 Å². The van der Waals surface area contributed by atoms with Crippen molar-refractivity contribution in [2.45, 2.75) is 31.5 Å². The normalized spacial score (nSPS) is 17.3. The number of halogens is 3. The lowest BCUT2D eigenvalue weighted by molar-refractivity contribution is -0.137. The Morgan fingerprint density at radius 1 is 1.24 bits per heavy atom.